The minimum Gasteiger partial charge on any atom is -0.374 e. The van der Waals surface area contributed by atoms with Gasteiger partial charge < -0.3 is 14.8 Å². The largest absolute Gasteiger partial charge is 0.374 e. The lowest BCUT2D eigenvalue weighted by Crippen LogP contribution is -2.45. The molecule has 17 heavy (non-hydrogen) atoms. The quantitative estimate of drug-likeness (QED) is 0.895. The molecule has 4 heteroatoms. The number of morpholine rings is 1. The van der Waals surface area contributed by atoms with E-state index < -0.39 is 0 Å². The van der Waals surface area contributed by atoms with Gasteiger partial charge in [0.2, 0.25) is 0 Å². The van der Waals surface area contributed by atoms with Crippen molar-refractivity contribution in [3.8, 4) is 0 Å². The normalized spacial score (nSPS) is 24.8. The zero-order chi connectivity index (χ0) is 12.1. The zero-order valence-corrected chi connectivity index (χ0v) is 10.7. The predicted octanol–water partition coefficient (Wildman–Crippen LogP) is 2.23. The molecule has 2 unspecified atom stereocenters. The Morgan fingerprint density at radius 3 is 3.12 bits per heavy atom. The summed E-state index contributed by atoms with van der Waals surface area (Å²) in [4.78, 5) is 0. The third kappa shape index (κ3) is 4.28. The highest BCUT2D eigenvalue weighted by atomic mass is 35.5. The number of ether oxygens (including phenoxy) is 2. The van der Waals surface area contributed by atoms with Gasteiger partial charge in [0.05, 0.1) is 25.4 Å². The molecule has 1 heterocycles. The highest BCUT2D eigenvalue weighted by Gasteiger charge is 2.18. The Morgan fingerprint density at radius 1 is 1.47 bits per heavy atom. The van der Waals surface area contributed by atoms with Crippen LogP contribution in [0.25, 0.3) is 0 Å². The Balaban J connectivity index is 1.72. The first-order valence-corrected chi connectivity index (χ1v) is 6.30. The van der Waals surface area contributed by atoms with Gasteiger partial charge in [-0.1, -0.05) is 23.7 Å². The molecule has 0 aromatic heterocycles. The fourth-order valence-corrected chi connectivity index (χ4v) is 2.12. The van der Waals surface area contributed by atoms with Gasteiger partial charge >= 0.3 is 0 Å². The van der Waals surface area contributed by atoms with Crippen molar-refractivity contribution in [2.24, 2.45) is 0 Å². The van der Waals surface area contributed by atoms with Crippen molar-refractivity contribution in [1.29, 1.82) is 0 Å². The summed E-state index contributed by atoms with van der Waals surface area (Å²) >= 11 is 5.90. The van der Waals surface area contributed by atoms with E-state index in [0.717, 1.165) is 23.7 Å². The Hall–Kier alpha value is -0.610. The zero-order valence-electron chi connectivity index (χ0n) is 9.99. The Kier molecular flexibility index (Phi) is 4.80. The van der Waals surface area contributed by atoms with Gasteiger partial charge in [0.15, 0.2) is 0 Å². The maximum absolute atomic E-state index is 5.90. The van der Waals surface area contributed by atoms with Gasteiger partial charge in [-0.25, -0.2) is 0 Å². The van der Waals surface area contributed by atoms with E-state index in [2.05, 4.69) is 12.2 Å². The van der Waals surface area contributed by atoms with E-state index in [9.17, 15) is 0 Å². The fourth-order valence-electron chi connectivity index (χ4n) is 1.91. The van der Waals surface area contributed by atoms with Crippen molar-refractivity contribution in [3.05, 3.63) is 34.9 Å². The maximum atomic E-state index is 5.90. The topological polar surface area (TPSA) is 30.5 Å². The van der Waals surface area contributed by atoms with Gasteiger partial charge in [-0.2, -0.15) is 0 Å². The lowest BCUT2D eigenvalue weighted by Gasteiger charge is -2.28. The molecule has 0 spiro atoms. The van der Waals surface area contributed by atoms with Gasteiger partial charge in [0.25, 0.3) is 0 Å². The van der Waals surface area contributed by atoms with Crippen LogP contribution < -0.4 is 5.32 Å². The third-order valence-corrected chi connectivity index (χ3v) is 2.93. The first-order valence-electron chi connectivity index (χ1n) is 5.92. The van der Waals surface area contributed by atoms with Gasteiger partial charge in [-0.3, -0.25) is 0 Å². The van der Waals surface area contributed by atoms with Crippen molar-refractivity contribution in [3.63, 3.8) is 0 Å². The molecule has 1 aliphatic rings. The van der Waals surface area contributed by atoms with Crippen LogP contribution in [0.4, 0.5) is 0 Å². The van der Waals surface area contributed by atoms with Crippen LogP contribution in [0.3, 0.4) is 0 Å². The first kappa shape index (κ1) is 12.8. The smallest absolute Gasteiger partial charge is 0.0936 e. The van der Waals surface area contributed by atoms with Crippen LogP contribution in [0, 0.1) is 0 Å². The summed E-state index contributed by atoms with van der Waals surface area (Å²) in [7, 11) is 0. The van der Waals surface area contributed by atoms with E-state index in [1.165, 1.54) is 0 Å². The van der Waals surface area contributed by atoms with Crippen LogP contribution in [-0.4, -0.2) is 31.9 Å². The molecular formula is C13H18ClNO2. The standard InChI is InChI=1S/C13H18ClNO2/c1-10-6-15-7-13(17-10)9-16-8-11-3-2-4-12(14)5-11/h2-5,10,13,15H,6-9H2,1H3. The minimum atomic E-state index is 0.151. The number of benzene rings is 1. The maximum Gasteiger partial charge on any atom is 0.0936 e. The summed E-state index contributed by atoms with van der Waals surface area (Å²) in [5.74, 6) is 0. The monoisotopic (exact) mass is 255 g/mol. The summed E-state index contributed by atoms with van der Waals surface area (Å²) in [5.41, 5.74) is 1.09. The van der Waals surface area contributed by atoms with Crippen LogP contribution in [0.5, 0.6) is 0 Å². The summed E-state index contributed by atoms with van der Waals surface area (Å²) in [6.07, 6.45) is 0.418. The van der Waals surface area contributed by atoms with E-state index in [-0.39, 0.29) is 12.2 Å². The molecule has 1 aromatic carbocycles. The van der Waals surface area contributed by atoms with Gasteiger partial charge in [-0.15, -0.1) is 0 Å². The molecule has 94 valence electrons. The van der Waals surface area contributed by atoms with Crippen molar-refractivity contribution < 1.29 is 9.47 Å². The molecule has 0 radical (unpaired) electrons. The number of rotatable bonds is 4. The second-order valence-electron chi connectivity index (χ2n) is 4.37. The first-order chi connectivity index (χ1) is 8.24. The Bertz CT molecular complexity index is 359. The van der Waals surface area contributed by atoms with Crippen LogP contribution in [0.15, 0.2) is 24.3 Å². The summed E-state index contributed by atoms with van der Waals surface area (Å²) in [6.45, 7) is 5.04. The lowest BCUT2D eigenvalue weighted by molar-refractivity contribution is -0.0716. The third-order valence-electron chi connectivity index (χ3n) is 2.69. The second kappa shape index (κ2) is 6.36. The van der Waals surface area contributed by atoms with Gasteiger partial charge in [0.1, 0.15) is 0 Å². The lowest BCUT2D eigenvalue weighted by atomic mass is 10.2. The molecule has 0 amide bonds. The molecule has 1 aromatic rings. The van der Waals surface area contributed by atoms with E-state index in [0.29, 0.717) is 13.2 Å². The van der Waals surface area contributed by atoms with Gasteiger partial charge in [0, 0.05) is 18.1 Å². The fraction of sp³-hybridized carbons (Fsp3) is 0.538. The second-order valence-corrected chi connectivity index (χ2v) is 4.81. The average molecular weight is 256 g/mol. The summed E-state index contributed by atoms with van der Waals surface area (Å²) in [6, 6.07) is 7.72. The highest BCUT2D eigenvalue weighted by molar-refractivity contribution is 6.30. The average Bonchev–Trinajstić information content (AvgIpc) is 2.29. The van der Waals surface area contributed by atoms with Crippen molar-refractivity contribution in [2.45, 2.75) is 25.7 Å². The minimum absolute atomic E-state index is 0.151. The molecule has 2 rings (SSSR count). The van der Waals surface area contributed by atoms with Crippen LogP contribution in [0.2, 0.25) is 5.02 Å². The molecule has 3 nitrogen and oxygen atoms in total. The van der Waals surface area contributed by atoms with E-state index in [1.807, 2.05) is 24.3 Å². The molecule has 0 saturated carbocycles. The molecule has 1 fully saturated rings. The van der Waals surface area contributed by atoms with Crippen molar-refractivity contribution in [1.82, 2.24) is 5.32 Å². The van der Waals surface area contributed by atoms with E-state index >= 15 is 0 Å². The molecule has 2 atom stereocenters. The summed E-state index contributed by atoms with van der Waals surface area (Å²) < 4.78 is 11.4. The number of hydrogen-bond donors (Lipinski definition) is 1. The SMILES string of the molecule is CC1CNCC(COCc2cccc(Cl)c2)O1. The molecule has 0 bridgehead atoms. The van der Waals surface area contributed by atoms with Crippen molar-refractivity contribution >= 4 is 11.6 Å². The van der Waals surface area contributed by atoms with E-state index in [4.69, 9.17) is 21.1 Å². The van der Waals surface area contributed by atoms with E-state index in [1.54, 1.807) is 0 Å². The number of nitrogens with one attached hydrogen (secondary N) is 1. The molecule has 1 saturated heterocycles. The number of halogens is 1. The molecule has 0 aliphatic carbocycles. The Morgan fingerprint density at radius 2 is 2.35 bits per heavy atom. The molecular weight excluding hydrogens is 238 g/mol. The van der Waals surface area contributed by atoms with Crippen LogP contribution in [0.1, 0.15) is 12.5 Å². The predicted molar refractivity (Wildman–Crippen MR) is 68.3 cm³/mol. The Labute approximate surface area is 107 Å². The number of hydrogen-bond acceptors (Lipinski definition) is 3. The van der Waals surface area contributed by atoms with Crippen molar-refractivity contribution in [2.75, 3.05) is 19.7 Å². The van der Waals surface area contributed by atoms with Crippen LogP contribution >= 0.6 is 11.6 Å². The highest BCUT2D eigenvalue weighted by Crippen LogP contribution is 2.12. The molecule has 1 N–H and O–H groups in total. The molecule has 1 aliphatic heterocycles. The summed E-state index contributed by atoms with van der Waals surface area (Å²) in [5, 5.41) is 4.06. The van der Waals surface area contributed by atoms with Gasteiger partial charge in [-0.05, 0) is 24.6 Å². The van der Waals surface area contributed by atoms with Crippen LogP contribution in [-0.2, 0) is 16.1 Å².